The molecule has 0 spiro atoms. The lowest BCUT2D eigenvalue weighted by Gasteiger charge is -2.23. The second kappa shape index (κ2) is 6.63. The molecule has 24 heavy (non-hydrogen) atoms. The summed E-state index contributed by atoms with van der Waals surface area (Å²) >= 11 is 3.56. The van der Waals surface area contributed by atoms with Gasteiger partial charge < -0.3 is 20.2 Å². The topological polar surface area (TPSA) is 72.9 Å². The molecule has 1 aromatic carbocycles. The van der Waals surface area contributed by atoms with Gasteiger partial charge in [0.2, 0.25) is 0 Å². The highest BCUT2D eigenvalue weighted by Crippen LogP contribution is 2.31. The fourth-order valence-corrected chi connectivity index (χ4v) is 3.92. The monoisotopic (exact) mass is 395 g/mol. The molecule has 0 bridgehead atoms. The van der Waals surface area contributed by atoms with Gasteiger partial charge in [0.15, 0.2) is 0 Å². The third-order valence-corrected chi connectivity index (χ3v) is 5.66. The van der Waals surface area contributed by atoms with Gasteiger partial charge in [0.1, 0.15) is 0 Å². The van der Waals surface area contributed by atoms with Crippen molar-refractivity contribution in [3.8, 4) is 0 Å². The highest BCUT2D eigenvalue weighted by atomic mass is 79.9. The number of urea groups is 1. The van der Waals surface area contributed by atoms with Gasteiger partial charge >= 0.3 is 12.0 Å². The molecule has 3 rings (SSSR count). The first kappa shape index (κ1) is 17.1. The predicted octanol–water partition coefficient (Wildman–Crippen LogP) is 2.53. The van der Waals surface area contributed by atoms with Crippen molar-refractivity contribution in [3.63, 3.8) is 0 Å². The molecule has 7 heteroatoms. The summed E-state index contributed by atoms with van der Waals surface area (Å²) in [5.74, 6) is -0.834. The van der Waals surface area contributed by atoms with Crippen LogP contribution in [0.2, 0.25) is 0 Å². The molecule has 0 saturated carbocycles. The predicted molar refractivity (Wildman–Crippen MR) is 95.2 cm³/mol. The van der Waals surface area contributed by atoms with Gasteiger partial charge in [-0.3, -0.25) is 4.79 Å². The minimum atomic E-state index is -0.834. The number of halogens is 1. The first-order chi connectivity index (χ1) is 11.4. The van der Waals surface area contributed by atoms with Crippen molar-refractivity contribution >= 4 is 33.6 Å². The number of hydrogen-bond donors (Lipinski definition) is 2. The number of carboxylic acid groups (broad SMARTS) is 1. The Kier molecular flexibility index (Phi) is 4.71. The van der Waals surface area contributed by atoms with Crippen molar-refractivity contribution in [2.45, 2.75) is 25.8 Å². The van der Waals surface area contributed by atoms with Gasteiger partial charge in [-0.2, -0.15) is 0 Å². The zero-order valence-electron chi connectivity index (χ0n) is 13.7. The molecule has 6 nitrogen and oxygen atoms in total. The van der Waals surface area contributed by atoms with Crippen LogP contribution in [0.3, 0.4) is 0 Å². The largest absolute Gasteiger partial charge is 0.481 e. The quantitative estimate of drug-likeness (QED) is 0.824. The number of nitrogens with one attached hydrogen (secondary N) is 1. The van der Waals surface area contributed by atoms with Crippen molar-refractivity contribution in [2.75, 3.05) is 31.1 Å². The Bertz CT molecular complexity index is 654. The van der Waals surface area contributed by atoms with Gasteiger partial charge in [-0.25, -0.2) is 4.79 Å². The van der Waals surface area contributed by atoms with E-state index < -0.39 is 11.4 Å². The first-order valence-corrected chi connectivity index (χ1v) is 8.97. The van der Waals surface area contributed by atoms with Crippen molar-refractivity contribution in [1.82, 2.24) is 10.2 Å². The Balaban J connectivity index is 1.56. The van der Waals surface area contributed by atoms with E-state index in [9.17, 15) is 14.7 Å². The Hall–Kier alpha value is -1.76. The van der Waals surface area contributed by atoms with Crippen molar-refractivity contribution in [1.29, 1.82) is 0 Å². The Labute approximate surface area is 149 Å². The summed E-state index contributed by atoms with van der Waals surface area (Å²) in [6.07, 6.45) is 1.39. The summed E-state index contributed by atoms with van der Waals surface area (Å²) in [6, 6.07) is 7.99. The lowest BCUT2D eigenvalue weighted by Crippen LogP contribution is -2.46. The van der Waals surface area contributed by atoms with E-state index in [1.165, 1.54) is 0 Å². The van der Waals surface area contributed by atoms with Crippen molar-refractivity contribution in [3.05, 3.63) is 28.7 Å². The summed E-state index contributed by atoms with van der Waals surface area (Å²) in [6.45, 7) is 4.12. The number of rotatable bonds is 3. The minimum absolute atomic E-state index is 0.0845. The summed E-state index contributed by atoms with van der Waals surface area (Å²) < 4.78 is 1.05. The molecule has 2 aliphatic heterocycles. The standard InChI is InChI=1S/C17H22BrN3O3/c1-17(15(22)23)7-9-21(11-17)16(24)19-12-6-8-20(10-12)14-5-3-2-4-13(14)18/h2-5,12H,6-11H2,1H3,(H,19,24)(H,22,23). The minimum Gasteiger partial charge on any atom is -0.481 e. The Morgan fingerprint density at radius 2 is 2.08 bits per heavy atom. The molecular weight excluding hydrogens is 374 g/mol. The smallest absolute Gasteiger partial charge is 0.317 e. The second-order valence-corrected chi connectivity index (χ2v) is 7.72. The third-order valence-electron chi connectivity index (χ3n) is 4.99. The number of para-hydroxylation sites is 1. The molecule has 0 radical (unpaired) electrons. The van der Waals surface area contributed by atoms with Crippen LogP contribution in [0.15, 0.2) is 28.7 Å². The number of carbonyl (C=O) groups is 2. The lowest BCUT2D eigenvalue weighted by molar-refractivity contribution is -0.146. The number of likely N-dealkylation sites (tertiary alicyclic amines) is 1. The van der Waals surface area contributed by atoms with Crippen LogP contribution in [-0.2, 0) is 4.79 Å². The molecule has 2 amide bonds. The van der Waals surface area contributed by atoms with E-state index in [1.54, 1.807) is 11.8 Å². The molecule has 2 atom stereocenters. The summed E-state index contributed by atoms with van der Waals surface area (Å²) in [7, 11) is 0. The molecule has 2 fully saturated rings. The van der Waals surface area contributed by atoms with Crippen LogP contribution >= 0.6 is 15.9 Å². The Morgan fingerprint density at radius 3 is 2.75 bits per heavy atom. The average Bonchev–Trinajstić information content (AvgIpc) is 3.15. The number of nitrogens with zero attached hydrogens (tertiary/aromatic N) is 2. The number of carbonyl (C=O) groups excluding carboxylic acids is 1. The summed E-state index contributed by atoms with van der Waals surface area (Å²) in [4.78, 5) is 27.6. The molecule has 2 unspecified atom stereocenters. The molecule has 0 aromatic heterocycles. The first-order valence-electron chi connectivity index (χ1n) is 8.17. The van der Waals surface area contributed by atoms with Crippen LogP contribution in [0.4, 0.5) is 10.5 Å². The molecule has 2 heterocycles. The molecular formula is C17H22BrN3O3. The number of aliphatic carboxylic acids is 1. The molecule has 2 aliphatic rings. The fourth-order valence-electron chi connectivity index (χ4n) is 3.38. The van der Waals surface area contributed by atoms with E-state index >= 15 is 0 Å². The fraction of sp³-hybridized carbons (Fsp3) is 0.529. The van der Waals surface area contributed by atoms with Gasteiger partial charge in [-0.05, 0) is 47.8 Å². The van der Waals surface area contributed by atoms with Gasteiger partial charge in [0.05, 0.1) is 11.1 Å². The maximum atomic E-state index is 12.4. The zero-order valence-corrected chi connectivity index (χ0v) is 15.3. The summed E-state index contributed by atoms with van der Waals surface area (Å²) in [5.41, 5.74) is 0.308. The highest BCUT2D eigenvalue weighted by molar-refractivity contribution is 9.10. The maximum absolute atomic E-state index is 12.4. The third kappa shape index (κ3) is 3.36. The van der Waals surface area contributed by atoms with E-state index in [4.69, 9.17) is 0 Å². The van der Waals surface area contributed by atoms with E-state index in [0.717, 1.165) is 29.7 Å². The molecule has 130 valence electrons. The molecule has 1 aromatic rings. The zero-order chi connectivity index (χ0) is 17.3. The number of amides is 2. The molecule has 2 N–H and O–H groups in total. The number of hydrogen-bond acceptors (Lipinski definition) is 3. The SMILES string of the molecule is CC1(C(=O)O)CCN(C(=O)NC2CCN(c3ccccc3Br)C2)C1. The van der Waals surface area contributed by atoms with Crippen LogP contribution in [0, 0.1) is 5.41 Å². The van der Waals surface area contributed by atoms with Crippen molar-refractivity contribution in [2.24, 2.45) is 5.41 Å². The van der Waals surface area contributed by atoms with Gasteiger partial charge in [0.25, 0.3) is 0 Å². The summed E-state index contributed by atoms with van der Waals surface area (Å²) in [5, 5.41) is 12.3. The number of benzene rings is 1. The molecule has 0 aliphatic carbocycles. The number of anilines is 1. The van der Waals surface area contributed by atoms with Crippen LogP contribution in [0.25, 0.3) is 0 Å². The second-order valence-electron chi connectivity index (χ2n) is 6.87. The van der Waals surface area contributed by atoms with Gasteiger partial charge in [-0.15, -0.1) is 0 Å². The van der Waals surface area contributed by atoms with Crippen LogP contribution in [-0.4, -0.2) is 54.2 Å². The highest BCUT2D eigenvalue weighted by Gasteiger charge is 2.42. The Morgan fingerprint density at radius 1 is 1.33 bits per heavy atom. The van der Waals surface area contributed by atoms with Crippen molar-refractivity contribution < 1.29 is 14.7 Å². The van der Waals surface area contributed by atoms with Crippen LogP contribution in [0.1, 0.15) is 19.8 Å². The van der Waals surface area contributed by atoms with E-state index in [0.29, 0.717) is 13.0 Å². The van der Waals surface area contributed by atoms with Crippen LogP contribution < -0.4 is 10.2 Å². The van der Waals surface area contributed by atoms with Gasteiger partial charge in [0, 0.05) is 36.7 Å². The van der Waals surface area contributed by atoms with Crippen LogP contribution in [0.5, 0.6) is 0 Å². The maximum Gasteiger partial charge on any atom is 0.317 e. The normalized spacial score (nSPS) is 26.7. The number of carboxylic acids is 1. The van der Waals surface area contributed by atoms with Gasteiger partial charge in [-0.1, -0.05) is 12.1 Å². The lowest BCUT2D eigenvalue weighted by atomic mass is 9.90. The molecule has 2 saturated heterocycles. The average molecular weight is 396 g/mol. The van der Waals surface area contributed by atoms with E-state index in [-0.39, 0.29) is 18.6 Å². The van der Waals surface area contributed by atoms with E-state index in [2.05, 4.69) is 32.2 Å². The van der Waals surface area contributed by atoms with E-state index in [1.807, 2.05) is 18.2 Å².